The highest BCUT2D eigenvalue weighted by atomic mass is 19.1. The summed E-state index contributed by atoms with van der Waals surface area (Å²) in [6, 6.07) is 14.8. The zero-order valence-corrected chi connectivity index (χ0v) is 21.3. The average Bonchev–Trinajstić information content (AvgIpc) is 3.18. The molecular weight excluding hydrogens is 475 g/mol. The number of amides is 3. The van der Waals surface area contributed by atoms with E-state index in [0.29, 0.717) is 25.9 Å². The molecule has 4 N–H and O–H groups in total. The van der Waals surface area contributed by atoms with Crippen LogP contribution in [0.25, 0.3) is 0 Å². The summed E-state index contributed by atoms with van der Waals surface area (Å²) in [6.45, 7) is 4.48. The highest BCUT2D eigenvalue weighted by molar-refractivity contribution is 5.92. The molecule has 2 heterocycles. The van der Waals surface area contributed by atoms with Gasteiger partial charge in [-0.15, -0.1) is 0 Å². The molecule has 4 rings (SSSR count). The molecule has 8 nitrogen and oxygen atoms in total. The number of hydrogen-bond acceptors (Lipinski definition) is 5. The first kappa shape index (κ1) is 26.8. The monoisotopic (exact) mass is 510 g/mol. The van der Waals surface area contributed by atoms with Crippen LogP contribution in [-0.4, -0.2) is 60.4 Å². The van der Waals surface area contributed by atoms with Gasteiger partial charge in [0.1, 0.15) is 11.9 Å². The molecule has 37 heavy (non-hydrogen) atoms. The smallest absolute Gasteiger partial charge is 0.247 e. The van der Waals surface area contributed by atoms with E-state index in [-0.39, 0.29) is 43.3 Å². The van der Waals surface area contributed by atoms with Gasteiger partial charge in [0.25, 0.3) is 0 Å². The number of nitrogens with zero attached hydrogens (tertiary/aromatic N) is 1. The van der Waals surface area contributed by atoms with Crippen LogP contribution in [0.4, 0.5) is 4.39 Å². The lowest BCUT2D eigenvalue weighted by Crippen LogP contribution is -2.60. The summed E-state index contributed by atoms with van der Waals surface area (Å²) in [5, 5.41) is 5.71. The summed E-state index contributed by atoms with van der Waals surface area (Å²) in [5.74, 6) is -1.43. The van der Waals surface area contributed by atoms with Gasteiger partial charge in [0, 0.05) is 25.6 Å². The molecule has 2 aliphatic heterocycles. The third kappa shape index (κ3) is 5.99. The molecule has 1 spiro atoms. The topological polar surface area (TPSA) is 114 Å². The molecule has 0 aromatic heterocycles. The first-order chi connectivity index (χ1) is 17.6. The Labute approximate surface area is 216 Å². The van der Waals surface area contributed by atoms with E-state index < -0.39 is 22.9 Å². The van der Waals surface area contributed by atoms with E-state index >= 15 is 0 Å². The average molecular weight is 511 g/mol. The number of halogens is 1. The predicted molar refractivity (Wildman–Crippen MR) is 137 cm³/mol. The third-order valence-electron chi connectivity index (χ3n) is 7.28. The maximum absolute atomic E-state index is 13.7. The second kappa shape index (κ2) is 11.0. The van der Waals surface area contributed by atoms with E-state index in [2.05, 4.69) is 10.6 Å². The Hall–Kier alpha value is -3.30. The lowest BCUT2D eigenvalue weighted by Gasteiger charge is -2.43. The standard InChI is InChI=1S/C28H35FN4O4/c1-27(2,30)25(35)32-23(17-37-16-19-7-4-3-5-8-19)24(34)33-14-6-13-28(18-33)22(15-31-26(28)36)20-9-11-21(29)12-10-20/h3-5,7-12,22-23H,6,13-18,30H2,1-2H3,(H,31,36)(H,32,35)/t22?,23-,28?/m1/s1. The molecule has 2 aliphatic rings. The summed E-state index contributed by atoms with van der Waals surface area (Å²) in [4.78, 5) is 41.2. The van der Waals surface area contributed by atoms with Crippen LogP contribution in [0.15, 0.2) is 54.6 Å². The number of benzene rings is 2. The maximum Gasteiger partial charge on any atom is 0.247 e. The van der Waals surface area contributed by atoms with Crippen molar-refractivity contribution in [1.82, 2.24) is 15.5 Å². The molecule has 2 fully saturated rings. The Bertz CT molecular complexity index is 1120. The van der Waals surface area contributed by atoms with Gasteiger partial charge in [0.05, 0.1) is 24.2 Å². The first-order valence-electron chi connectivity index (χ1n) is 12.6. The van der Waals surface area contributed by atoms with Gasteiger partial charge in [-0.1, -0.05) is 42.5 Å². The lowest BCUT2D eigenvalue weighted by molar-refractivity contribution is -0.145. The molecule has 3 amide bonds. The van der Waals surface area contributed by atoms with Crippen molar-refractivity contribution in [3.05, 3.63) is 71.5 Å². The summed E-state index contributed by atoms with van der Waals surface area (Å²) >= 11 is 0. The summed E-state index contributed by atoms with van der Waals surface area (Å²) in [7, 11) is 0. The molecule has 2 saturated heterocycles. The summed E-state index contributed by atoms with van der Waals surface area (Å²) in [6.07, 6.45) is 1.24. The van der Waals surface area contributed by atoms with Crippen LogP contribution in [-0.2, 0) is 25.7 Å². The van der Waals surface area contributed by atoms with Gasteiger partial charge in [0.15, 0.2) is 0 Å². The van der Waals surface area contributed by atoms with E-state index in [0.717, 1.165) is 11.1 Å². The van der Waals surface area contributed by atoms with Gasteiger partial charge in [-0.05, 0) is 49.9 Å². The van der Waals surface area contributed by atoms with Crippen molar-refractivity contribution in [3.63, 3.8) is 0 Å². The van der Waals surface area contributed by atoms with Gasteiger partial charge in [-0.2, -0.15) is 0 Å². The summed E-state index contributed by atoms with van der Waals surface area (Å²) in [5.41, 5.74) is 5.77. The van der Waals surface area contributed by atoms with Gasteiger partial charge in [-0.25, -0.2) is 4.39 Å². The Morgan fingerprint density at radius 2 is 1.92 bits per heavy atom. The van der Waals surface area contributed by atoms with E-state index in [1.807, 2.05) is 30.3 Å². The number of carbonyl (C=O) groups is 3. The fourth-order valence-electron chi connectivity index (χ4n) is 5.21. The van der Waals surface area contributed by atoms with Crippen molar-refractivity contribution in [2.45, 2.75) is 50.8 Å². The number of nitrogens with two attached hydrogens (primary N) is 1. The number of rotatable bonds is 8. The summed E-state index contributed by atoms with van der Waals surface area (Å²) < 4.78 is 19.4. The lowest BCUT2D eigenvalue weighted by atomic mass is 9.69. The number of ether oxygens (including phenoxy) is 1. The molecule has 2 aromatic carbocycles. The van der Waals surface area contributed by atoms with Crippen LogP contribution in [0, 0.1) is 11.2 Å². The molecule has 0 saturated carbocycles. The molecular formula is C28H35FN4O4. The second-order valence-corrected chi connectivity index (χ2v) is 10.6. The number of nitrogens with one attached hydrogen (secondary N) is 2. The fraction of sp³-hybridized carbons (Fsp3) is 0.464. The number of carbonyl (C=O) groups excluding carboxylic acids is 3. The molecule has 0 radical (unpaired) electrons. The Morgan fingerprint density at radius 3 is 2.59 bits per heavy atom. The number of hydrogen-bond donors (Lipinski definition) is 3. The third-order valence-corrected chi connectivity index (χ3v) is 7.28. The first-order valence-corrected chi connectivity index (χ1v) is 12.6. The highest BCUT2D eigenvalue weighted by Gasteiger charge is 2.53. The van der Waals surface area contributed by atoms with Crippen LogP contribution in [0.1, 0.15) is 43.7 Å². The van der Waals surface area contributed by atoms with Crippen LogP contribution in [0.5, 0.6) is 0 Å². The minimum atomic E-state index is -1.18. The quantitative estimate of drug-likeness (QED) is 0.503. The van der Waals surface area contributed by atoms with Gasteiger partial charge in [0.2, 0.25) is 17.7 Å². The van der Waals surface area contributed by atoms with Crippen LogP contribution in [0.2, 0.25) is 0 Å². The van der Waals surface area contributed by atoms with E-state index in [1.165, 1.54) is 12.1 Å². The SMILES string of the molecule is CC(C)(N)C(=O)N[C@H](COCc1ccccc1)C(=O)N1CCCC2(C1)C(=O)NCC2c1ccc(F)cc1. The predicted octanol–water partition coefficient (Wildman–Crippen LogP) is 2.09. The molecule has 0 bridgehead atoms. The zero-order chi connectivity index (χ0) is 26.6. The highest BCUT2D eigenvalue weighted by Crippen LogP contribution is 2.46. The van der Waals surface area contributed by atoms with Crippen molar-refractivity contribution < 1.29 is 23.5 Å². The van der Waals surface area contributed by atoms with Gasteiger partial charge < -0.3 is 26.0 Å². The van der Waals surface area contributed by atoms with Crippen LogP contribution < -0.4 is 16.4 Å². The zero-order valence-electron chi connectivity index (χ0n) is 21.3. The number of likely N-dealkylation sites (tertiary alicyclic amines) is 1. The van der Waals surface area contributed by atoms with E-state index in [9.17, 15) is 18.8 Å². The van der Waals surface area contributed by atoms with E-state index in [1.54, 1.807) is 30.9 Å². The molecule has 2 unspecified atom stereocenters. The normalized spacial score (nSPS) is 22.5. The maximum atomic E-state index is 13.7. The molecule has 198 valence electrons. The van der Waals surface area contributed by atoms with Gasteiger partial charge in [-0.3, -0.25) is 14.4 Å². The fourth-order valence-corrected chi connectivity index (χ4v) is 5.21. The van der Waals surface area contributed by atoms with Crippen LogP contribution >= 0.6 is 0 Å². The molecule has 3 atom stereocenters. The largest absolute Gasteiger partial charge is 0.374 e. The minimum absolute atomic E-state index is 0.0351. The van der Waals surface area contributed by atoms with Crippen molar-refractivity contribution in [2.24, 2.45) is 11.1 Å². The molecule has 0 aliphatic carbocycles. The van der Waals surface area contributed by atoms with Crippen molar-refractivity contribution >= 4 is 17.7 Å². The Morgan fingerprint density at radius 1 is 1.22 bits per heavy atom. The van der Waals surface area contributed by atoms with Crippen LogP contribution in [0.3, 0.4) is 0 Å². The second-order valence-electron chi connectivity index (χ2n) is 10.6. The Balaban J connectivity index is 1.52. The van der Waals surface area contributed by atoms with E-state index in [4.69, 9.17) is 10.5 Å². The van der Waals surface area contributed by atoms with Gasteiger partial charge >= 0.3 is 0 Å². The number of piperidine rings is 1. The van der Waals surface area contributed by atoms with Crippen molar-refractivity contribution in [2.75, 3.05) is 26.2 Å². The minimum Gasteiger partial charge on any atom is -0.374 e. The molecule has 9 heteroatoms. The van der Waals surface area contributed by atoms with Crippen molar-refractivity contribution in [3.8, 4) is 0 Å². The Kier molecular flexibility index (Phi) is 7.94. The molecule has 2 aromatic rings. The van der Waals surface area contributed by atoms with Crippen molar-refractivity contribution in [1.29, 1.82) is 0 Å².